The summed E-state index contributed by atoms with van der Waals surface area (Å²) >= 11 is 0. The minimum Gasteiger partial charge on any atom is -0.449 e. The highest BCUT2D eigenvalue weighted by molar-refractivity contribution is 5.99. The molecule has 1 fully saturated rings. The fourth-order valence-corrected chi connectivity index (χ4v) is 3.34. The standard InChI is InChI=1S/C22H22F3N3O6/c1-13-3-4-15(11-19(13)28(31)32)21(30)34-14(2)20(29)26-17-12-16(22(23,24)25)5-6-18(17)27-7-9-33-10-8-27/h3-6,11-12,14H,7-10H2,1-2H3,(H,26,29). The molecule has 1 amide bonds. The molecule has 0 saturated carbocycles. The van der Waals surface area contributed by atoms with E-state index in [9.17, 15) is 32.9 Å². The number of halogens is 3. The molecular formula is C22H22F3N3O6. The van der Waals surface area contributed by atoms with Crippen LogP contribution in [0.3, 0.4) is 0 Å². The maximum absolute atomic E-state index is 13.3. The van der Waals surface area contributed by atoms with Crippen molar-refractivity contribution in [3.05, 3.63) is 63.2 Å². The van der Waals surface area contributed by atoms with Crippen LogP contribution in [0.4, 0.5) is 30.2 Å². The number of hydrogen-bond acceptors (Lipinski definition) is 7. The molecule has 1 saturated heterocycles. The molecule has 1 atom stereocenters. The number of nitrogens with one attached hydrogen (secondary N) is 1. The van der Waals surface area contributed by atoms with Gasteiger partial charge in [-0.3, -0.25) is 14.9 Å². The van der Waals surface area contributed by atoms with Crippen LogP contribution in [0.1, 0.15) is 28.4 Å². The number of rotatable bonds is 6. The van der Waals surface area contributed by atoms with Crippen molar-refractivity contribution in [2.75, 3.05) is 36.5 Å². The Hall–Kier alpha value is -3.67. The summed E-state index contributed by atoms with van der Waals surface area (Å²) in [6.45, 7) is 4.36. The van der Waals surface area contributed by atoms with Gasteiger partial charge in [0.2, 0.25) is 0 Å². The highest BCUT2D eigenvalue weighted by Crippen LogP contribution is 2.36. The summed E-state index contributed by atoms with van der Waals surface area (Å²) in [5.74, 6) is -1.84. The number of morpholine rings is 1. The van der Waals surface area contributed by atoms with Gasteiger partial charge in [-0.15, -0.1) is 0 Å². The van der Waals surface area contributed by atoms with Gasteiger partial charge in [-0.25, -0.2) is 4.79 Å². The van der Waals surface area contributed by atoms with E-state index in [0.717, 1.165) is 18.2 Å². The van der Waals surface area contributed by atoms with Crippen molar-refractivity contribution in [1.29, 1.82) is 0 Å². The number of anilines is 2. The number of alkyl halides is 3. The molecular weight excluding hydrogens is 459 g/mol. The van der Waals surface area contributed by atoms with Gasteiger partial charge in [0, 0.05) is 24.7 Å². The second kappa shape index (κ2) is 10.1. The van der Waals surface area contributed by atoms with Crippen LogP contribution in [0.15, 0.2) is 36.4 Å². The number of ether oxygens (including phenoxy) is 2. The van der Waals surface area contributed by atoms with E-state index in [0.29, 0.717) is 37.6 Å². The predicted molar refractivity (Wildman–Crippen MR) is 116 cm³/mol. The zero-order valence-corrected chi connectivity index (χ0v) is 18.3. The normalized spacial score (nSPS) is 14.9. The SMILES string of the molecule is Cc1ccc(C(=O)OC(C)C(=O)Nc2cc(C(F)(F)F)ccc2N2CCOCC2)cc1[N+](=O)[O-]. The lowest BCUT2D eigenvalue weighted by Gasteiger charge is -2.31. The zero-order chi connectivity index (χ0) is 25.0. The number of benzene rings is 2. The quantitative estimate of drug-likeness (QED) is 0.378. The van der Waals surface area contributed by atoms with Crippen LogP contribution in [0.5, 0.6) is 0 Å². The fraction of sp³-hybridized carbons (Fsp3) is 0.364. The number of esters is 1. The maximum Gasteiger partial charge on any atom is 0.416 e. The summed E-state index contributed by atoms with van der Waals surface area (Å²) in [7, 11) is 0. The Kier molecular flexibility index (Phi) is 7.40. The molecule has 1 heterocycles. The van der Waals surface area contributed by atoms with E-state index in [-0.39, 0.29) is 16.9 Å². The monoisotopic (exact) mass is 481 g/mol. The number of amides is 1. The topological polar surface area (TPSA) is 111 Å². The Morgan fingerprint density at radius 3 is 2.47 bits per heavy atom. The number of carbonyl (C=O) groups is 2. The van der Waals surface area contributed by atoms with E-state index in [1.54, 1.807) is 4.90 Å². The molecule has 0 aromatic heterocycles. The van der Waals surface area contributed by atoms with E-state index in [1.807, 2.05) is 0 Å². The first-order valence-corrected chi connectivity index (χ1v) is 10.3. The first-order chi connectivity index (χ1) is 16.0. The van der Waals surface area contributed by atoms with Gasteiger partial charge in [0.05, 0.1) is 40.6 Å². The second-order valence-corrected chi connectivity index (χ2v) is 7.62. The third-order valence-corrected chi connectivity index (χ3v) is 5.23. The predicted octanol–water partition coefficient (Wildman–Crippen LogP) is 3.94. The Morgan fingerprint density at radius 1 is 1.18 bits per heavy atom. The smallest absolute Gasteiger partial charge is 0.416 e. The molecule has 1 N–H and O–H groups in total. The van der Waals surface area contributed by atoms with Crippen molar-refractivity contribution >= 4 is 28.9 Å². The summed E-state index contributed by atoms with van der Waals surface area (Å²) < 4.78 is 50.1. The maximum atomic E-state index is 13.3. The third-order valence-electron chi connectivity index (χ3n) is 5.23. The van der Waals surface area contributed by atoms with Crippen molar-refractivity contribution in [2.24, 2.45) is 0 Å². The van der Waals surface area contributed by atoms with Gasteiger partial charge in [0.25, 0.3) is 11.6 Å². The second-order valence-electron chi connectivity index (χ2n) is 7.62. The van der Waals surface area contributed by atoms with Crippen molar-refractivity contribution in [3.63, 3.8) is 0 Å². The Morgan fingerprint density at radius 2 is 1.85 bits per heavy atom. The Balaban J connectivity index is 1.79. The fourth-order valence-electron chi connectivity index (χ4n) is 3.34. The molecule has 1 aliphatic rings. The van der Waals surface area contributed by atoms with Crippen LogP contribution in [0, 0.1) is 17.0 Å². The van der Waals surface area contributed by atoms with Gasteiger partial charge >= 0.3 is 12.1 Å². The molecule has 0 radical (unpaired) electrons. The number of aryl methyl sites for hydroxylation is 1. The van der Waals surface area contributed by atoms with Gasteiger partial charge < -0.3 is 19.7 Å². The Labute approximate surface area is 192 Å². The summed E-state index contributed by atoms with van der Waals surface area (Å²) in [5.41, 5.74) is -0.743. The van der Waals surface area contributed by atoms with E-state index >= 15 is 0 Å². The van der Waals surface area contributed by atoms with Gasteiger partial charge in [0.15, 0.2) is 6.10 Å². The molecule has 9 nitrogen and oxygen atoms in total. The molecule has 0 spiro atoms. The lowest BCUT2D eigenvalue weighted by molar-refractivity contribution is -0.385. The van der Waals surface area contributed by atoms with Crippen LogP contribution < -0.4 is 10.2 Å². The number of hydrogen-bond donors (Lipinski definition) is 1. The minimum absolute atomic E-state index is 0.0874. The minimum atomic E-state index is -4.62. The van der Waals surface area contributed by atoms with Crippen molar-refractivity contribution in [1.82, 2.24) is 0 Å². The lowest BCUT2D eigenvalue weighted by atomic mass is 10.1. The number of nitro groups is 1. The van der Waals surface area contributed by atoms with Gasteiger partial charge in [0.1, 0.15) is 0 Å². The Bertz CT molecular complexity index is 1100. The van der Waals surface area contributed by atoms with Crippen molar-refractivity contribution < 1.29 is 37.2 Å². The lowest BCUT2D eigenvalue weighted by Crippen LogP contribution is -2.37. The largest absolute Gasteiger partial charge is 0.449 e. The summed E-state index contributed by atoms with van der Waals surface area (Å²) in [4.78, 5) is 37.3. The molecule has 2 aromatic carbocycles. The number of nitrogens with zero attached hydrogens (tertiary/aromatic N) is 2. The number of carbonyl (C=O) groups excluding carboxylic acids is 2. The van der Waals surface area contributed by atoms with Crippen LogP contribution in [0.2, 0.25) is 0 Å². The van der Waals surface area contributed by atoms with E-state index in [4.69, 9.17) is 9.47 Å². The highest BCUT2D eigenvalue weighted by atomic mass is 19.4. The van der Waals surface area contributed by atoms with Crippen LogP contribution in [-0.2, 0) is 20.4 Å². The van der Waals surface area contributed by atoms with Crippen LogP contribution >= 0.6 is 0 Å². The van der Waals surface area contributed by atoms with Gasteiger partial charge in [-0.1, -0.05) is 6.07 Å². The first kappa shape index (κ1) is 25.0. The van der Waals surface area contributed by atoms with Gasteiger partial charge in [-0.2, -0.15) is 13.2 Å². The van der Waals surface area contributed by atoms with Crippen LogP contribution in [-0.4, -0.2) is 49.2 Å². The average Bonchev–Trinajstić information content (AvgIpc) is 2.79. The third kappa shape index (κ3) is 5.81. The van der Waals surface area contributed by atoms with Crippen molar-refractivity contribution in [2.45, 2.75) is 26.1 Å². The zero-order valence-electron chi connectivity index (χ0n) is 18.3. The first-order valence-electron chi connectivity index (χ1n) is 10.3. The van der Waals surface area contributed by atoms with Crippen molar-refractivity contribution in [3.8, 4) is 0 Å². The molecule has 0 bridgehead atoms. The highest BCUT2D eigenvalue weighted by Gasteiger charge is 2.32. The van der Waals surface area contributed by atoms with Gasteiger partial charge in [-0.05, 0) is 38.1 Å². The molecule has 0 aliphatic carbocycles. The van der Waals surface area contributed by atoms with E-state index in [2.05, 4.69) is 5.32 Å². The summed E-state index contributed by atoms with van der Waals surface area (Å²) in [6, 6.07) is 6.74. The summed E-state index contributed by atoms with van der Waals surface area (Å²) in [5, 5.41) is 13.5. The summed E-state index contributed by atoms with van der Waals surface area (Å²) in [6.07, 6.45) is -6.01. The molecule has 3 rings (SSSR count). The van der Waals surface area contributed by atoms with E-state index < -0.39 is 34.6 Å². The molecule has 182 valence electrons. The molecule has 34 heavy (non-hydrogen) atoms. The average molecular weight is 481 g/mol. The molecule has 1 aliphatic heterocycles. The molecule has 12 heteroatoms. The molecule has 2 aromatic rings. The molecule has 1 unspecified atom stereocenters. The van der Waals surface area contributed by atoms with Crippen LogP contribution in [0.25, 0.3) is 0 Å². The number of nitro benzene ring substituents is 1. The van der Waals surface area contributed by atoms with E-state index in [1.165, 1.54) is 32.0 Å².